The average Bonchev–Trinajstić information content (AvgIpc) is 2.97. The van der Waals surface area contributed by atoms with Crippen molar-refractivity contribution in [3.05, 3.63) is 57.7 Å². The minimum Gasteiger partial charge on any atom is -0.254 e. The van der Waals surface area contributed by atoms with E-state index in [1.54, 1.807) is 11.3 Å². The molecule has 1 aromatic carbocycles. The molecule has 0 spiro atoms. The molecule has 0 fully saturated rings. The van der Waals surface area contributed by atoms with Gasteiger partial charge < -0.3 is 0 Å². The lowest BCUT2D eigenvalue weighted by Crippen LogP contribution is -2.07. The van der Waals surface area contributed by atoms with Crippen LogP contribution in [0.3, 0.4) is 0 Å². The molecule has 0 saturated heterocycles. The molecule has 3 aromatic rings. The highest BCUT2D eigenvalue weighted by molar-refractivity contribution is 7.15. The number of hydrazone groups is 1. The number of anilines is 1. The summed E-state index contributed by atoms with van der Waals surface area (Å²) >= 11 is 1.75. The molecule has 0 bridgehead atoms. The monoisotopic (exact) mass is 309 g/mol. The third-order valence-electron chi connectivity index (χ3n) is 3.95. The number of thiophene rings is 1. The molecule has 5 nitrogen and oxygen atoms in total. The number of aryl methyl sites for hydroxylation is 2. The molecule has 4 rings (SSSR count). The lowest BCUT2D eigenvalue weighted by molar-refractivity contribution is 0.984. The molecular weight excluding hydrogens is 294 g/mol. The Kier molecular flexibility index (Phi) is 2.87. The Morgan fingerprint density at radius 2 is 1.82 bits per heavy atom. The fourth-order valence-electron chi connectivity index (χ4n) is 2.69. The van der Waals surface area contributed by atoms with Gasteiger partial charge in [-0.15, -0.1) is 21.5 Å². The van der Waals surface area contributed by atoms with Crippen LogP contribution in [0.4, 0.5) is 5.95 Å². The number of benzene rings is 1. The zero-order valence-electron chi connectivity index (χ0n) is 12.6. The highest BCUT2D eigenvalue weighted by Crippen LogP contribution is 2.36. The number of nitrogens with one attached hydrogen (secondary N) is 1. The standard InChI is InChI=1S/C16H15N5S/c1-9-10(2)22-15-13(9)14(12-7-5-4-6-8-12)18-20-16-19-17-11(3)21(15)16/h4-8H,1-3H3,(H,19,20). The molecule has 22 heavy (non-hydrogen) atoms. The lowest BCUT2D eigenvalue weighted by atomic mass is 10.0. The quantitative estimate of drug-likeness (QED) is 0.749. The van der Waals surface area contributed by atoms with Gasteiger partial charge in [0.1, 0.15) is 16.5 Å². The van der Waals surface area contributed by atoms with Gasteiger partial charge in [0.25, 0.3) is 0 Å². The second kappa shape index (κ2) is 4.78. The fraction of sp³-hybridized carbons (Fsp3) is 0.188. The second-order valence-electron chi connectivity index (χ2n) is 5.31. The Labute approximate surface area is 132 Å². The third-order valence-corrected chi connectivity index (χ3v) is 5.14. The zero-order valence-corrected chi connectivity index (χ0v) is 13.4. The molecule has 3 heterocycles. The first-order valence-corrected chi connectivity index (χ1v) is 7.90. The van der Waals surface area contributed by atoms with Gasteiger partial charge in [0, 0.05) is 16.0 Å². The zero-order chi connectivity index (χ0) is 15.3. The maximum absolute atomic E-state index is 4.61. The minimum atomic E-state index is 0.658. The number of aromatic nitrogens is 3. The topological polar surface area (TPSA) is 55.1 Å². The summed E-state index contributed by atoms with van der Waals surface area (Å²) in [5.41, 5.74) is 7.51. The van der Waals surface area contributed by atoms with Crippen molar-refractivity contribution in [2.24, 2.45) is 5.10 Å². The summed E-state index contributed by atoms with van der Waals surface area (Å²) in [5, 5.41) is 14.1. The van der Waals surface area contributed by atoms with Crippen LogP contribution in [-0.4, -0.2) is 20.5 Å². The Balaban J connectivity index is 2.04. The van der Waals surface area contributed by atoms with E-state index in [2.05, 4.69) is 46.7 Å². The van der Waals surface area contributed by atoms with Crippen LogP contribution in [0.1, 0.15) is 27.4 Å². The maximum Gasteiger partial charge on any atom is 0.250 e. The first-order valence-electron chi connectivity index (χ1n) is 7.08. The Morgan fingerprint density at radius 1 is 1.05 bits per heavy atom. The summed E-state index contributed by atoms with van der Waals surface area (Å²) in [7, 11) is 0. The van der Waals surface area contributed by atoms with Gasteiger partial charge in [-0.25, -0.2) is 5.43 Å². The van der Waals surface area contributed by atoms with Gasteiger partial charge in [-0.05, 0) is 26.3 Å². The minimum absolute atomic E-state index is 0.658. The normalized spacial score (nSPS) is 13.0. The lowest BCUT2D eigenvalue weighted by Gasteiger charge is -2.07. The maximum atomic E-state index is 4.61. The van der Waals surface area contributed by atoms with Crippen LogP contribution >= 0.6 is 11.3 Å². The van der Waals surface area contributed by atoms with E-state index in [4.69, 9.17) is 0 Å². The van der Waals surface area contributed by atoms with E-state index in [-0.39, 0.29) is 0 Å². The van der Waals surface area contributed by atoms with E-state index < -0.39 is 0 Å². The van der Waals surface area contributed by atoms with E-state index in [1.165, 1.54) is 10.4 Å². The summed E-state index contributed by atoms with van der Waals surface area (Å²) in [4.78, 5) is 1.29. The third kappa shape index (κ3) is 1.80. The molecule has 1 N–H and O–H groups in total. The fourth-order valence-corrected chi connectivity index (χ4v) is 3.90. The molecule has 2 aromatic heterocycles. The smallest absolute Gasteiger partial charge is 0.250 e. The Hall–Kier alpha value is -2.47. The summed E-state index contributed by atoms with van der Waals surface area (Å²) in [6, 6.07) is 10.2. The molecule has 0 saturated carbocycles. The van der Waals surface area contributed by atoms with E-state index in [0.717, 1.165) is 27.7 Å². The van der Waals surface area contributed by atoms with Crippen molar-refractivity contribution in [1.29, 1.82) is 0 Å². The number of hydrogen-bond donors (Lipinski definition) is 1. The van der Waals surface area contributed by atoms with Crippen LogP contribution in [0.15, 0.2) is 35.4 Å². The summed E-state index contributed by atoms with van der Waals surface area (Å²) in [5.74, 6) is 1.51. The summed E-state index contributed by atoms with van der Waals surface area (Å²) in [6.07, 6.45) is 0. The molecular formula is C16H15N5S. The van der Waals surface area contributed by atoms with Crippen molar-refractivity contribution < 1.29 is 0 Å². The van der Waals surface area contributed by atoms with Gasteiger partial charge >= 0.3 is 0 Å². The predicted molar refractivity (Wildman–Crippen MR) is 89.2 cm³/mol. The molecule has 0 radical (unpaired) electrons. The van der Waals surface area contributed by atoms with E-state index in [0.29, 0.717) is 5.95 Å². The van der Waals surface area contributed by atoms with E-state index in [1.807, 2.05) is 29.7 Å². The molecule has 0 unspecified atom stereocenters. The van der Waals surface area contributed by atoms with E-state index in [9.17, 15) is 0 Å². The van der Waals surface area contributed by atoms with E-state index >= 15 is 0 Å². The first-order chi connectivity index (χ1) is 10.7. The van der Waals surface area contributed by atoms with Gasteiger partial charge in [-0.2, -0.15) is 5.10 Å². The highest BCUT2D eigenvalue weighted by Gasteiger charge is 2.26. The van der Waals surface area contributed by atoms with Gasteiger partial charge in [-0.1, -0.05) is 30.3 Å². The van der Waals surface area contributed by atoms with Crippen LogP contribution in [0.5, 0.6) is 0 Å². The molecule has 0 amide bonds. The molecule has 1 aliphatic rings. The van der Waals surface area contributed by atoms with Crippen molar-refractivity contribution in [1.82, 2.24) is 14.8 Å². The van der Waals surface area contributed by atoms with Crippen molar-refractivity contribution >= 4 is 23.0 Å². The number of rotatable bonds is 1. The van der Waals surface area contributed by atoms with Crippen LogP contribution in [0.25, 0.3) is 5.00 Å². The largest absolute Gasteiger partial charge is 0.254 e. The van der Waals surface area contributed by atoms with Gasteiger partial charge in [0.05, 0.1) is 0 Å². The molecule has 6 heteroatoms. The number of nitrogens with zero attached hydrogens (tertiary/aromatic N) is 4. The summed E-state index contributed by atoms with van der Waals surface area (Å²) in [6.45, 7) is 6.25. The van der Waals surface area contributed by atoms with Crippen LogP contribution < -0.4 is 5.43 Å². The van der Waals surface area contributed by atoms with Crippen molar-refractivity contribution in [2.45, 2.75) is 20.8 Å². The Bertz CT molecular complexity index is 889. The number of fused-ring (bicyclic) bond motifs is 3. The molecule has 0 atom stereocenters. The van der Waals surface area contributed by atoms with Crippen LogP contribution in [-0.2, 0) is 0 Å². The van der Waals surface area contributed by atoms with Gasteiger partial charge in [0.15, 0.2) is 0 Å². The highest BCUT2D eigenvalue weighted by atomic mass is 32.1. The Morgan fingerprint density at radius 3 is 2.59 bits per heavy atom. The second-order valence-corrected chi connectivity index (χ2v) is 6.51. The van der Waals surface area contributed by atoms with Crippen molar-refractivity contribution in [3.63, 3.8) is 0 Å². The molecule has 1 aliphatic heterocycles. The summed E-state index contributed by atoms with van der Waals surface area (Å²) < 4.78 is 2.04. The SMILES string of the molecule is Cc1sc2c(c1C)C(c1ccccc1)=NNc1nnc(C)n1-2. The average molecular weight is 309 g/mol. The predicted octanol–water partition coefficient (Wildman–Crippen LogP) is 3.43. The van der Waals surface area contributed by atoms with Gasteiger partial charge in [-0.3, -0.25) is 4.57 Å². The molecule has 0 aliphatic carbocycles. The number of hydrogen-bond acceptors (Lipinski definition) is 5. The molecule has 110 valence electrons. The van der Waals surface area contributed by atoms with Crippen LogP contribution in [0.2, 0.25) is 0 Å². The first kappa shape index (κ1) is 13.2. The van der Waals surface area contributed by atoms with Crippen molar-refractivity contribution in [3.8, 4) is 5.00 Å². The van der Waals surface area contributed by atoms with Crippen LogP contribution in [0, 0.1) is 20.8 Å². The van der Waals surface area contributed by atoms with Crippen molar-refractivity contribution in [2.75, 3.05) is 5.43 Å². The van der Waals surface area contributed by atoms with Gasteiger partial charge in [0.2, 0.25) is 5.95 Å².